The summed E-state index contributed by atoms with van der Waals surface area (Å²) < 4.78 is 11.0. The van der Waals surface area contributed by atoms with Crippen molar-refractivity contribution in [3.8, 4) is 5.75 Å². The summed E-state index contributed by atoms with van der Waals surface area (Å²) in [6.45, 7) is 0.284. The van der Waals surface area contributed by atoms with E-state index in [4.69, 9.17) is 9.15 Å². The number of hydrogen-bond donors (Lipinski definition) is 2. The van der Waals surface area contributed by atoms with Gasteiger partial charge in [0.15, 0.2) is 5.76 Å². The number of rotatable bonds is 5. The van der Waals surface area contributed by atoms with Crippen molar-refractivity contribution in [2.24, 2.45) is 0 Å². The maximum atomic E-state index is 12.4. The molecular weight excluding hydrogens is 294 g/mol. The lowest BCUT2D eigenvalue weighted by Gasteiger charge is -2.25. The number of aliphatic hydroxyl groups is 1. The third-order valence-electron chi connectivity index (χ3n) is 4.12. The van der Waals surface area contributed by atoms with Crippen LogP contribution in [0.3, 0.4) is 0 Å². The van der Waals surface area contributed by atoms with Crippen LogP contribution in [0.4, 0.5) is 0 Å². The minimum absolute atomic E-state index is 0.0962. The normalized spacial score (nSPS) is 20.9. The van der Waals surface area contributed by atoms with Gasteiger partial charge in [0.25, 0.3) is 5.91 Å². The van der Waals surface area contributed by atoms with Crippen LogP contribution >= 0.6 is 0 Å². The molecule has 1 heterocycles. The molecule has 2 N–H and O–H groups in total. The molecule has 23 heavy (non-hydrogen) atoms. The first-order chi connectivity index (χ1) is 11.2. The quantitative estimate of drug-likeness (QED) is 0.890. The van der Waals surface area contributed by atoms with Crippen LogP contribution in [0.5, 0.6) is 5.75 Å². The fourth-order valence-electron chi connectivity index (χ4n) is 2.80. The van der Waals surface area contributed by atoms with Gasteiger partial charge in [0.1, 0.15) is 12.4 Å². The Bertz CT molecular complexity index is 629. The van der Waals surface area contributed by atoms with Gasteiger partial charge in [0.2, 0.25) is 0 Å². The number of benzene rings is 1. The highest BCUT2D eigenvalue weighted by atomic mass is 16.5. The Morgan fingerprint density at radius 1 is 1.17 bits per heavy atom. The Hall–Kier alpha value is -2.27. The average molecular weight is 315 g/mol. The molecule has 0 atom stereocenters. The van der Waals surface area contributed by atoms with Gasteiger partial charge in [0.05, 0.1) is 12.4 Å². The predicted octanol–water partition coefficient (Wildman–Crippen LogP) is 2.89. The molecule has 5 nitrogen and oxygen atoms in total. The molecule has 1 fully saturated rings. The van der Waals surface area contributed by atoms with Crippen molar-refractivity contribution in [1.29, 1.82) is 0 Å². The van der Waals surface area contributed by atoms with E-state index in [0.717, 1.165) is 37.0 Å². The Balaban J connectivity index is 1.58. The number of carbonyl (C=O) groups excluding carboxylic acids is 1. The summed E-state index contributed by atoms with van der Waals surface area (Å²) in [5.41, 5.74) is 0.724. The Morgan fingerprint density at radius 3 is 2.65 bits per heavy atom. The summed E-state index contributed by atoms with van der Waals surface area (Å²) in [4.78, 5) is 12.4. The van der Waals surface area contributed by atoms with Crippen LogP contribution in [0, 0.1) is 0 Å². The van der Waals surface area contributed by atoms with Crippen molar-refractivity contribution in [1.82, 2.24) is 5.32 Å². The van der Waals surface area contributed by atoms with Crippen LogP contribution in [-0.2, 0) is 6.61 Å². The predicted molar refractivity (Wildman–Crippen MR) is 85.2 cm³/mol. The zero-order valence-corrected chi connectivity index (χ0v) is 12.9. The van der Waals surface area contributed by atoms with Gasteiger partial charge >= 0.3 is 0 Å². The smallest absolute Gasteiger partial charge is 0.287 e. The van der Waals surface area contributed by atoms with Crippen LogP contribution in [0.2, 0.25) is 0 Å². The molecule has 0 spiro atoms. The fourth-order valence-corrected chi connectivity index (χ4v) is 2.80. The molecule has 3 rings (SSSR count). The number of aliphatic hydroxyl groups excluding tert-OH is 1. The Kier molecular flexibility index (Phi) is 4.98. The van der Waals surface area contributed by atoms with Crippen LogP contribution in [0.1, 0.15) is 41.8 Å². The minimum Gasteiger partial charge on any atom is -0.489 e. The van der Waals surface area contributed by atoms with Crippen molar-refractivity contribution in [3.63, 3.8) is 0 Å². The molecule has 0 saturated heterocycles. The number of furan rings is 1. The summed E-state index contributed by atoms with van der Waals surface area (Å²) in [6, 6.07) is 11.3. The summed E-state index contributed by atoms with van der Waals surface area (Å²) >= 11 is 0. The number of ether oxygens (including phenoxy) is 1. The highest BCUT2D eigenvalue weighted by Gasteiger charge is 2.23. The van der Waals surface area contributed by atoms with Gasteiger partial charge in [-0.15, -0.1) is 0 Å². The number of carbonyl (C=O) groups is 1. The van der Waals surface area contributed by atoms with Crippen LogP contribution in [0.15, 0.2) is 47.1 Å². The molecule has 0 aliphatic heterocycles. The van der Waals surface area contributed by atoms with Crippen LogP contribution in [0.25, 0.3) is 0 Å². The average Bonchev–Trinajstić information content (AvgIpc) is 3.05. The summed E-state index contributed by atoms with van der Waals surface area (Å²) in [6.07, 6.45) is 4.32. The van der Waals surface area contributed by atoms with E-state index in [9.17, 15) is 9.90 Å². The van der Waals surface area contributed by atoms with E-state index >= 15 is 0 Å². The van der Waals surface area contributed by atoms with Gasteiger partial charge in [-0.2, -0.15) is 0 Å². The lowest BCUT2D eigenvalue weighted by atomic mass is 9.93. The summed E-state index contributed by atoms with van der Waals surface area (Å²) in [7, 11) is 0. The van der Waals surface area contributed by atoms with Gasteiger partial charge in [-0.25, -0.2) is 0 Å². The summed E-state index contributed by atoms with van der Waals surface area (Å²) in [5, 5.41) is 12.5. The van der Waals surface area contributed by atoms with E-state index in [0.29, 0.717) is 5.76 Å². The van der Waals surface area contributed by atoms with Gasteiger partial charge in [-0.05, 0) is 43.9 Å². The van der Waals surface area contributed by atoms with Gasteiger partial charge < -0.3 is 19.6 Å². The molecule has 1 amide bonds. The third kappa shape index (κ3) is 4.13. The van der Waals surface area contributed by atoms with E-state index in [1.165, 1.54) is 6.26 Å². The monoisotopic (exact) mass is 315 g/mol. The van der Waals surface area contributed by atoms with E-state index < -0.39 is 0 Å². The fraction of sp³-hybridized carbons (Fsp3) is 0.389. The minimum atomic E-state index is -0.235. The van der Waals surface area contributed by atoms with E-state index in [1.54, 1.807) is 6.07 Å². The Labute approximate surface area is 135 Å². The molecule has 0 unspecified atom stereocenters. The largest absolute Gasteiger partial charge is 0.489 e. The molecule has 1 aliphatic rings. The molecule has 1 aliphatic carbocycles. The lowest BCUT2D eigenvalue weighted by Crippen LogP contribution is -2.38. The topological polar surface area (TPSA) is 71.7 Å². The zero-order valence-electron chi connectivity index (χ0n) is 12.9. The third-order valence-corrected chi connectivity index (χ3v) is 4.12. The van der Waals surface area contributed by atoms with Gasteiger partial charge in [-0.1, -0.05) is 18.2 Å². The van der Waals surface area contributed by atoms with Gasteiger partial charge in [-0.3, -0.25) is 4.79 Å². The second-order valence-corrected chi connectivity index (χ2v) is 5.86. The highest BCUT2D eigenvalue weighted by Crippen LogP contribution is 2.20. The first kappa shape index (κ1) is 15.6. The summed E-state index contributed by atoms with van der Waals surface area (Å²) in [5.74, 6) is 0.830. The maximum absolute atomic E-state index is 12.4. The molecule has 1 aromatic carbocycles. The maximum Gasteiger partial charge on any atom is 0.287 e. The number of amides is 1. The van der Waals surface area contributed by atoms with Crippen LogP contribution in [-0.4, -0.2) is 23.2 Å². The number of nitrogens with one attached hydrogen (secondary N) is 1. The molecule has 1 saturated carbocycles. The first-order valence-corrected chi connectivity index (χ1v) is 7.95. The van der Waals surface area contributed by atoms with Crippen molar-refractivity contribution in [2.45, 2.75) is 44.4 Å². The Morgan fingerprint density at radius 2 is 1.91 bits per heavy atom. The van der Waals surface area contributed by atoms with Crippen LogP contribution < -0.4 is 10.1 Å². The molecule has 1 aromatic heterocycles. The van der Waals surface area contributed by atoms with Crippen molar-refractivity contribution in [3.05, 3.63) is 54.0 Å². The second kappa shape index (κ2) is 7.33. The van der Waals surface area contributed by atoms with Crippen molar-refractivity contribution >= 4 is 5.91 Å². The first-order valence-electron chi connectivity index (χ1n) is 7.95. The zero-order chi connectivity index (χ0) is 16.1. The molecular formula is C18H21NO4. The van der Waals surface area contributed by atoms with E-state index in [-0.39, 0.29) is 24.7 Å². The molecule has 2 aromatic rings. The number of hydrogen-bond acceptors (Lipinski definition) is 4. The molecule has 0 radical (unpaired) electrons. The molecule has 122 valence electrons. The van der Waals surface area contributed by atoms with Gasteiger partial charge in [0, 0.05) is 11.6 Å². The molecule has 5 heteroatoms. The second-order valence-electron chi connectivity index (χ2n) is 5.86. The van der Waals surface area contributed by atoms with Crippen molar-refractivity contribution < 1.29 is 19.1 Å². The highest BCUT2D eigenvalue weighted by molar-refractivity contribution is 5.93. The molecule has 0 bridgehead atoms. The van der Waals surface area contributed by atoms with Crippen molar-refractivity contribution in [2.75, 3.05) is 0 Å². The standard InChI is InChI=1S/C18H21NO4/c20-15-8-6-14(7-9-15)19-18(21)17-13(10-11-22-17)12-23-16-4-2-1-3-5-16/h1-5,10-11,14-15,20H,6-9,12H2,(H,19,21). The SMILES string of the molecule is O=C(NC1CCC(O)CC1)c1occc1COc1ccccc1. The van der Waals surface area contributed by atoms with E-state index in [2.05, 4.69) is 5.32 Å². The van der Waals surface area contributed by atoms with E-state index in [1.807, 2.05) is 30.3 Å². The lowest BCUT2D eigenvalue weighted by molar-refractivity contribution is 0.0840. The number of para-hydroxylation sites is 1.